The number of hydrogen-bond acceptors (Lipinski definition) is 9. The molecule has 0 radical (unpaired) electrons. The standard InChI is InChI=1S/C48H49O9P/c49-58(54-35-42-27-15-5-16-28-42,55-36-43-29-17-6-18-30-43)57-48-47(53-34-41-25-13-4-14-26-41)46(52-33-40-23-11-3-12-24-40)45(51-32-39-21-9-2-10-22-39)44(56-48)37-50-31-38-19-7-1-8-20-38/h1-30,44-48H,31-37H2/t44-,45+,46+,47-,48-/m1/s1. The van der Waals surface area contributed by atoms with E-state index in [-0.39, 0.29) is 39.6 Å². The lowest BCUT2D eigenvalue weighted by Gasteiger charge is -2.46. The normalized spacial score (nSPS) is 19.5. The molecular weight excluding hydrogens is 751 g/mol. The molecule has 1 heterocycles. The van der Waals surface area contributed by atoms with E-state index in [2.05, 4.69) is 0 Å². The van der Waals surface area contributed by atoms with Crippen molar-refractivity contribution in [2.24, 2.45) is 0 Å². The average Bonchev–Trinajstić information content (AvgIpc) is 3.28. The number of hydrogen-bond donors (Lipinski definition) is 0. The van der Waals surface area contributed by atoms with Gasteiger partial charge < -0.3 is 23.7 Å². The molecule has 10 heteroatoms. The number of benzene rings is 6. The van der Waals surface area contributed by atoms with Gasteiger partial charge in [0, 0.05) is 0 Å². The highest BCUT2D eigenvalue weighted by molar-refractivity contribution is 7.48. The third-order valence-corrected chi connectivity index (χ3v) is 10.9. The summed E-state index contributed by atoms with van der Waals surface area (Å²) in [5, 5.41) is 0. The SMILES string of the molecule is O=P(OCc1ccccc1)(OCc1ccccc1)O[C@H]1O[C@H](COCc2ccccc2)[C@H](OCc2ccccc2)[C@H](OCc2ccccc2)[C@H]1OCc1ccccc1. The minimum Gasteiger partial charge on any atom is -0.374 e. The maximum absolute atomic E-state index is 14.9. The lowest BCUT2D eigenvalue weighted by Crippen LogP contribution is -2.61. The molecule has 1 aliphatic rings. The Labute approximate surface area is 341 Å². The van der Waals surface area contributed by atoms with Crippen LogP contribution in [-0.2, 0) is 81.5 Å². The summed E-state index contributed by atoms with van der Waals surface area (Å²) in [6, 6.07) is 58.4. The van der Waals surface area contributed by atoms with Crippen LogP contribution in [0.15, 0.2) is 182 Å². The Morgan fingerprint density at radius 2 is 0.724 bits per heavy atom. The van der Waals surface area contributed by atoms with Gasteiger partial charge in [0.2, 0.25) is 0 Å². The summed E-state index contributed by atoms with van der Waals surface area (Å²) in [4.78, 5) is 0. The van der Waals surface area contributed by atoms with Gasteiger partial charge in [-0.15, -0.1) is 0 Å². The molecule has 5 atom stereocenters. The molecular formula is C48H49O9P. The molecule has 0 aliphatic carbocycles. The van der Waals surface area contributed by atoms with Gasteiger partial charge >= 0.3 is 7.82 Å². The van der Waals surface area contributed by atoms with Crippen LogP contribution in [0.4, 0.5) is 0 Å². The van der Waals surface area contributed by atoms with Crippen molar-refractivity contribution in [1.29, 1.82) is 0 Å². The minimum atomic E-state index is -4.38. The first-order valence-corrected chi connectivity index (χ1v) is 21.0. The van der Waals surface area contributed by atoms with Gasteiger partial charge in [0.1, 0.15) is 24.4 Å². The van der Waals surface area contributed by atoms with E-state index in [1.165, 1.54) is 0 Å². The molecule has 300 valence electrons. The molecule has 58 heavy (non-hydrogen) atoms. The van der Waals surface area contributed by atoms with Crippen LogP contribution in [-0.4, -0.2) is 37.3 Å². The van der Waals surface area contributed by atoms with Crippen molar-refractivity contribution in [1.82, 2.24) is 0 Å². The lowest BCUT2D eigenvalue weighted by molar-refractivity contribution is -0.313. The van der Waals surface area contributed by atoms with Gasteiger partial charge in [-0.3, -0.25) is 13.6 Å². The van der Waals surface area contributed by atoms with Gasteiger partial charge in [-0.1, -0.05) is 182 Å². The van der Waals surface area contributed by atoms with Crippen molar-refractivity contribution in [3.63, 3.8) is 0 Å². The summed E-state index contributed by atoms with van der Waals surface area (Å²) >= 11 is 0. The summed E-state index contributed by atoms with van der Waals surface area (Å²) in [5.74, 6) is 0. The maximum Gasteiger partial charge on any atom is 0.477 e. The number of phosphoric acid groups is 1. The smallest absolute Gasteiger partial charge is 0.374 e. The largest absolute Gasteiger partial charge is 0.477 e. The maximum atomic E-state index is 14.9. The first kappa shape index (κ1) is 41.4. The fourth-order valence-electron chi connectivity index (χ4n) is 6.51. The monoisotopic (exact) mass is 800 g/mol. The van der Waals surface area contributed by atoms with Gasteiger partial charge in [0.15, 0.2) is 6.29 Å². The highest BCUT2D eigenvalue weighted by Gasteiger charge is 2.51. The van der Waals surface area contributed by atoms with Crippen LogP contribution in [0.2, 0.25) is 0 Å². The second-order valence-corrected chi connectivity index (χ2v) is 15.5. The van der Waals surface area contributed by atoms with E-state index in [9.17, 15) is 4.57 Å². The number of ether oxygens (including phenoxy) is 5. The minimum absolute atomic E-state index is 0.0322. The van der Waals surface area contributed by atoms with Gasteiger partial charge in [-0.05, 0) is 33.4 Å². The molecule has 7 rings (SSSR count). The highest BCUT2D eigenvalue weighted by Crippen LogP contribution is 2.54. The quantitative estimate of drug-likeness (QED) is 0.0660. The Morgan fingerprint density at radius 1 is 0.397 bits per heavy atom. The molecule has 6 aromatic rings. The molecule has 1 aliphatic heterocycles. The first-order chi connectivity index (χ1) is 28.6. The number of rotatable bonds is 21. The molecule has 1 saturated heterocycles. The van der Waals surface area contributed by atoms with Gasteiger partial charge in [0.05, 0.1) is 46.2 Å². The van der Waals surface area contributed by atoms with Crippen LogP contribution in [0.3, 0.4) is 0 Å². The van der Waals surface area contributed by atoms with Crippen molar-refractivity contribution in [2.45, 2.75) is 70.3 Å². The zero-order valence-corrected chi connectivity index (χ0v) is 33.2. The van der Waals surface area contributed by atoms with Crippen LogP contribution < -0.4 is 0 Å². The van der Waals surface area contributed by atoms with E-state index in [1.807, 2.05) is 182 Å². The van der Waals surface area contributed by atoms with Gasteiger partial charge in [-0.2, -0.15) is 0 Å². The van der Waals surface area contributed by atoms with E-state index in [4.69, 9.17) is 37.3 Å². The molecule has 0 saturated carbocycles. The third kappa shape index (κ3) is 12.6. The predicted octanol–water partition coefficient (Wildman–Crippen LogP) is 10.2. The molecule has 1 fully saturated rings. The zero-order chi connectivity index (χ0) is 39.7. The van der Waals surface area contributed by atoms with Crippen molar-refractivity contribution < 1.29 is 41.8 Å². The van der Waals surface area contributed by atoms with Crippen molar-refractivity contribution in [2.75, 3.05) is 6.61 Å². The molecule has 0 N–H and O–H groups in total. The van der Waals surface area contributed by atoms with Crippen molar-refractivity contribution >= 4 is 7.82 Å². The van der Waals surface area contributed by atoms with Crippen LogP contribution >= 0.6 is 7.82 Å². The van der Waals surface area contributed by atoms with E-state index in [0.29, 0.717) is 6.61 Å². The molecule has 9 nitrogen and oxygen atoms in total. The lowest BCUT2D eigenvalue weighted by atomic mass is 9.98. The summed E-state index contributed by atoms with van der Waals surface area (Å²) in [6.07, 6.45) is -4.54. The van der Waals surface area contributed by atoms with E-state index < -0.39 is 38.5 Å². The Bertz CT molecular complexity index is 2030. The van der Waals surface area contributed by atoms with Crippen LogP contribution in [0.25, 0.3) is 0 Å². The Balaban J connectivity index is 1.23. The molecule has 0 aromatic heterocycles. The molecule has 0 bridgehead atoms. The van der Waals surface area contributed by atoms with Crippen LogP contribution in [0.1, 0.15) is 33.4 Å². The summed E-state index contributed by atoms with van der Waals surface area (Å²) < 4.78 is 67.0. The summed E-state index contributed by atoms with van der Waals surface area (Å²) in [7, 11) is -4.38. The van der Waals surface area contributed by atoms with E-state index in [1.54, 1.807) is 0 Å². The Hall–Kier alpha value is -4.77. The third-order valence-electron chi connectivity index (χ3n) is 9.54. The Morgan fingerprint density at radius 3 is 1.12 bits per heavy atom. The fraction of sp³-hybridized carbons (Fsp3) is 0.250. The Kier molecular flexibility index (Phi) is 15.6. The zero-order valence-electron chi connectivity index (χ0n) is 32.3. The van der Waals surface area contributed by atoms with Crippen molar-refractivity contribution in [3.05, 3.63) is 215 Å². The van der Waals surface area contributed by atoms with Gasteiger partial charge in [0.25, 0.3) is 0 Å². The fourth-order valence-corrected chi connectivity index (χ4v) is 7.75. The average molecular weight is 801 g/mol. The summed E-state index contributed by atoms with van der Waals surface area (Å²) in [5.41, 5.74) is 5.43. The first-order valence-electron chi connectivity index (χ1n) is 19.5. The van der Waals surface area contributed by atoms with Gasteiger partial charge in [-0.25, -0.2) is 4.57 Å². The van der Waals surface area contributed by atoms with Crippen LogP contribution in [0.5, 0.6) is 0 Å². The second kappa shape index (κ2) is 21.8. The molecule has 0 spiro atoms. The van der Waals surface area contributed by atoms with Crippen molar-refractivity contribution in [3.8, 4) is 0 Å². The number of phosphoric ester groups is 1. The topological polar surface area (TPSA) is 90.9 Å². The second-order valence-electron chi connectivity index (χ2n) is 13.9. The highest BCUT2D eigenvalue weighted by atomic mass is 31.2. The molecule has 6 aromatic carbocycles. The van der Waals surface area contributed by atoms with E-state index in [0.717, 1.165) is 33.4 Å². The van der Waals surface area contributed by atoms with Crippen LogP contribution in [0, 0.1) is 0 Å². The predicted molar refractivity (Wildman–Crippen MR) is 221 cm³/mol. The molecule has 0 amide bonds. The van der Waals surface area contributed by atoms with E-state index >= 15 is 0 Å². The summed E-state index contributed by atoms with van der Waals surface area (Å²) in [6.45, 7) is 1.06. The molecule has 0 unspecified atom stereocenters.